The molecule has 18 heavy (non-hydrogen) atoms. The van der Waals surface area contributed by atoms with Crippen molar-refractivity contribution in [3.63, 3.8) is 0 Å². The number of carbonyl (C=O) groups is 1. The third kappa shape index (κ3) is 4.92. The molecule has 0 spiro atoms. The summed E-state index contributed by atoms with van der Waals surface area (Å²) >= 11 is 3.30. The van der Waals surface area contributed by atoms with Crippen molar-refractivity contribution in [1.82, 2.24) is 5.32 Å². The molecule has 6 heteroatoms. The fraction of sp³-hybridized carbons (Fsp3) is 0.417. The molecule has 0 heterocycles. The Balaban J connectivity index is 0.00000289. The van der Waals surface area contributed by atoms with Gasteiger partial charge in [-0.05, 0) is 29.7 Å². The van der Waals surface area contributed by atoms with Gasteiger partial charge >= 0.3 is 0 Å². The lowest BCUT2D eigenvalue weighted by molar-refractivity contribution is -0.123. The third-order valence-corrected chi connectivity index (χ3v) is 3.26. The van der Waals surface area contributed by atoms with Crippen molar-refractivity contribution in [3.05, 3.63) is 34.1 Å². The number of nitrogens with one attached hydrogen (secondary N) is 1. The van der Waals surface area contributed by atoms with Crippen molar-refractivity contribution in [2.24, 2.45) is 11.7 Å². The Morgan fingerprint density at radius 1 is 1.50 bits per heavy atom. The highest BCUT2D eigenvalue weighted by Gasteiger charge is 2.16. The summed E-state index contributed by atoms with van der Waals surface area (Å²) in [6.45, 7) is 4.02. The molecular formula is C12H17BrClFN2O. The fourth-order valence-corrected chi connectivity index (χ4v) is 1.67. The van der Waals surface area contributed by atoms with Crippen LogP contribution in [0, 0.1) is 11.7 Å². The molecule has 0 radical (unpaired) electrons. The Morgan fingerprint density at radius 3 is 2.67 bits per heavy atom. The number of hydrogen-bond donors (Lipinski definition) is 2. The Kier molecular flexibility index (Phi) is 7.43. The standard InChI is InChI=1S/C12H16BrFN2O.ClH/c1-7(2)11(15)12(17)16-6-8-5-9(14)3-4-10(8)13;/h3-5,7,11H,6,15H2,1-2H3,(H,16,17);1H/t11-;/m1./s1. The van der Waals surface area contributed by atoms with Crippen molar-refractivity contribution < 1.29 is 9.18 Å². The third-order valence-electron chi connectivity index (χ3n) is 2.48. The van der Waals surface area contributed by atoms with Crippen LogP contribution in [0.5, 0.6) is 0 Å². The van der Waals surface area contributed by atoms with E-state index in [2.05, 4.69) is 21.2 Å². The number of nitrogens with two attached hydrogens (primary N) is 1. The molecule has 0 aliphatic rings. The van der Waals surface area contributed by atoms with Gasteiger partial charge in [0.2, 0.25) is 5.91 Å². The summed E-state index contributed by atoms with van der Waals surface area (Å²) in [5.41, 5.74) is 6.38. The van der Waals surface area contributed by atoms with E-state index in [4.69, 9.17) is 5.73 Å². The van der Waals surface area contributed by atoms with E-state index in [1.807, 2.05) is 13.8 Å². The zero-order chi connectivity index (χ0) is 13.0. The summed E-state index contributed by atoms with van der Waals surface area (Å²) in [7, 11) is 0. The second-order valence-corrected chi connectivity index (χ2v) is 5.08. The number of benzene rings is 1. The van der Waals surface area contributed by atoms with E-state index in [0.717, 1.165) is 4.47 Å². The van der Waals surface area contributed by atoms with Crippen LogP contribution in [-0.2, 0) is 11.3 Å². The van der Waals surface area contributed by atoms with Crippen LogP contribution < -0.4 is 11.1 Å². The van der Waals surface area contributed by atoms with Gasteiger partial charge in [-0.3, -0.25) is 4.79 Å². The predicted octanol–water partition coefficient (Wildman–Crippen LogP) is 2.61. The van der Waals surface area contributed by atoms with Crippen molar-refractivity contribution in [1.29, 1.82) is 0 Å². The van der Waals surface area contributed by atoms with Gasteiger partial charge in [0.25, 0.3) is 0 Å². The van der Waals surface area contributed by atoms with E-state index < -0.39 is 6.04 Å². The highest BCUT2D eigenvalue weighted by Crippen LogP contribution is 2.17. The minimum Gasteiger partial charge on any atom is -0.351 e. The molecular weight excluding hydrogens is 322 g/mol. The van der Waals surface area contributed by atoms with Gasteiger partial charge in [0.05, 0.1) is 6.04 Å². The molecule has 3 nitrogen and oxygen atoms in total. The second-order valence-electron chi connectivity index (χ2n) is 4.22. The topological polar surface area (TPSA) is 55.1 Å². The molecule has 0 saturated carbocycles. The minimum atomic E-state index is -0.540. The molecule has 0 bridgehead atoms. The zero-order valence-electron chi connectivity index (χ0n) is 10.2. The van der Waals surface area contributed by atoms with E-state index >= 15 is 0 Å². The van der Waals surface area contributed by atoms with Crippen LogP contribution in [-0.4, -0.2) is 11.9 Å². The maximum Gasteiger partial charge on any atom is 0.237 e. The highest BCUT2D eigenvalue weighted by atomic mass is 79.9. The van der Waals surface area contributed by atoms with E-state index in [1.165, 1.54) is 12.1 Å². The SMILES string of the molecule is CC(C)[C@@H](N)C(=O)NCc1cc(F)ccc1Br.Cl. The van der Waals surface area contributed by atoms with Gasteiger partial charge in [0, 0.05) is 11.0 Å². The molecule has 0 saturated heterocycles. The largest absolute Gasteiger partial charge is 0.351 e. The second kappa shape index (κ2) is 7.71. The maximum atomic E-state index is 13.0. The van der Waals surface area contributed by atoms with Crippen molar-refractivity contribution in [3.8, 4) is 0 Å². The van der Waals surface area contributed by atoms with E-state index in [-0.39, 0.29) is 36.6 Å². The lowest BCUT2D eigenvalue weighted by Crippen LogP contribution is -2.43. The zero-order valence-corrected chi connectivity index (χ0v) is 12.6. The van der Waals surface area contributed by atoms with E-state index in [1.54, 1.807) is 6.07 Å². The molecule has 1 rings (SSSR count). The molecule has 1 aromatic carbocycles. The quantitative estimate of drug-likeness (QED) is 0.886. The smallest absolute Gasteiger partial charge is 0.237 e. The average molecular weight is 340 g/mol. The maximum absolute atomic E-state index is 13.0. The molecule has 1 amide bonds. The van der Waals surface area contributed by atoms with Crippen LogP contribution in [0.3, 0.4) is 0 Å². The monoisotopic (exact) mass is 338 g/mol. The van der Waals surface area contributed by atoms with Crippen LogP contribution in [0.15, 0.2) is 22.7 Å². The molecule has 0 aliphatic carbocycles. The number of hydrogen-bond acceptors (Lipinski definition) is 2. The molecule has 0 fully saturated rings. The summed E-state index contributed by atoms with van der Waals surface area (Å²) in [5.74, 6) is -0.479. The van der Waals surface area contributed by atoms with Crippen LogP contribution in [0.25, 0.3) is 0 Å². The molecule has 1 atom stereocenters. The van der Waals surface area contributed by atoms with Gasteiger partial charge < -0.3 is 11.1 Å². The van der Waals surface area contributed by atoms with Gasteiger partial charge in [-0.15, -0.1) is 12.4 Å². The van der Waals surface area contributed by atoms with Gasteiger partial charge in [0.1, 0.15) is 5.82 Å². The lowest BCUT2D eigenvalue weighted by Gasteiger charge is -2.15. The lowest BCUT2D eigenvalue weighted by atomic mass is 10.0. The molecule has 0 unspecified atom stereocenters. The van der Waals surface area contributed by atoms with Gasteiger partial charge in [-0.25, -0.2) is 4.39 Å². The molecule has 0 aromatic heterocycles. The van der Waals surface area contributed by atoms with Crippen molar-refractivity contribution in [2.75, 3.05) is 0 Å². The Hall–Kier alpha value is -0.650. The van der Waals surface area contributed by atoms with Gasteiger partial charge in [-0.2, -0.15) is 0 Å². The van der Waals surface area contributed by atoms with Crippen molar-refractivity contribution in [2.45, 2.75) is 26.4 Å². The van der Waals surface area contributed by atoms with Crippen LogP contribution in [0.1, 0.15) is 19.4 Å². The molecule has 102 valence electrons. The number of carbonyl (C=O) groups excluding carboxylic acids is 1. The Morgan fingerprint density at radius 2 is 2.11 bits per heavy atom. The van der Waals surface area contributed by atoms with Gasteiger partial charge in [0.15, 0.2) is 0 Å². The first-order chi connectivity index (χ1) is 7.91. The fourth-order valence-electron chi connectivity index (χ4n) is 1.28. The average Bonchev–Trinajstić information content (AvgIpc) is 2.28. The summed E-state index contributed by atoms with van der Waals surface area (Å²) in [4.78, 5) is 11.6. The van der Waals surface area contributed by atoms with Crippen LogP contribution >= 0.6 is 28.3 Å². The highest BCUT2D eigenvalue weighted by molar-refractivity contribution is 9.10. The normalized spacial score (nSPS) is 11.9. The number of amides is 1. The van der Waals surface area contributed by atoms with E-state index in [0.29, 0.717) is 5.56 Å². The first-order valence-electron chi connectivity index (χ1n) is 5.39. The minimum absolute atomic E-state index is 0. The van der Waals surface area contributed by atoms with E-state index in [9.17, 15) is 9.18 Å². The molecule has 0 aliphatic heterocycles. The number of halogens is 3. The summed E-state index contributed by atoms with van der Waals surface area (Å²) in [5, 5.41) is 2.69. The predicted molar refractivity (Wildman–Crippen MR) is 76.0 cm³/mol. The van der Waals surface area contributed by atoms with Crippen LogP contribution in [0.2, 0.25) is 0 Å². The summed E-state index contributed by atoms with van der Waals surface area (Å²) in [6.07, 6.45) is 0. The first-order valence-corrected chi connectivity index (χ1v) is 6.18. The summed E-state index contributed by atoms with van der Waals surface area (Å²) in [6, 6.07) is 3.81. The first kappa shape index (κ1) is 17.4. The van der Waals surface area contributed by atoms with Gasteiger partial charge in [-0.1, -0.05) is 29.8 Å². The Labute approximate surface area is 121 Å². The van der Waals surface area contributed by atoms with Crippen molar-refractivity contribution >= 4 is 34.2 Å². The number of rotatable bonds is 4. The molecule has 3 N–H and O–H groups in total. The van der Waals surface area contributed by atoms with Crippen LogP contribution in [0.4, 0.5) is 4.39 Å². The molecule has 1 aromatic rings. The Bertz CT molecular complexity index is 415. The summed E-state index contributed by atoms with van der Waals surface area (Å²) < 4.78 is 13.8.